The molecule has 4 aromatic rings. The lowest BCUT2D eigenvalue weighted by Gasteiger charge is -2.16. The molecule has 0 amide bonds. The third-order valence-corrected chi connectivity index (χ3v) is 4.57. The van der Waals surface area contributed by atoms with E-state index in [1.54, 1.807) is 24.3 Å². The summed E-state index contributed by atoms with van der Waals surface area (Å²) in [5.74, 6) is 0. The van der Waals surface area contributed by atoms with E-state index in [4.69, 9.17) is 0 Å². The molecule has 0 bridgehead atoms. The minimum Gasteiger partial charge on any atom is -0.256 e. The van der Waals surface area contributed by atoms with Gasteiger partial charge >= 0.3 is 6.18 Å². The van der Waals surface area contributed by atoms with Gasteiger partial charge in [-0.05, 0) is 54.3 Å². The molecule has 1 aromatic heterocycles. The first kappa shape index (κ1) is 16.6. The Balaban J connectivity index is 2.17. The fourth-order valence-corrected chi connectivity index (χ4v) is 3.64. The van der Waals surface area contributed by atoms with E-state index in [9.17, 15) is 13.2 Å². The first-order valence-corrected chi connectivity index (χ1v) is 8.31. The Hall–Kier alpha value is -2.88. The van der Waals surface area contributed by atoms with E-state index in [0.717, 1.165) is 16.7 Å². The Morgan fingerprint density at radius 3 is 2.15 bits per heavy atom. The normalized spacial score (nSPS) is 12.0. The summed E-state index contributed by atoms with van der Waals surface area (Å²) in [6.07, 6.45) is -2.99. The minimum absolute atomic E-state index is 0.181. The SMILES string of the molecule is Cc1cc(C)cc(-c2nccc3c(C(F)(F)F)c4ccccc4cc23)c1. The van der Waals surface area contributed by atoms with Crippen LogP contribution in [0.25, 0.3) is 32.8 Å². The maximum absolute atomic E-state index is 13.9. The topological polar surface area (TPSA) is 12.9 Å². The van der Waals surface area contributed by atoms with Crippen molar-refractivity contribution in [3.8, 4) is 11.3 Å². The molecule has 0 fully saturated rings. The van der Waals surface area contributed by atoms with E-state index in [0.29, 0.717) is 16.5 Å². The Kier molecular flexibility index (Phi) is 3.72. The van der Waals surface area contributed by atoms with Gasteiger partial charge in [-0.15, -0.1) is 0 Å². The zero-order chi connectivity index (χ0) is 18.5. The second-order valence-corrected chi connectivity index (χ2v) is 6.60. The highest BCUT2D eigenvalue weighted by Crippen LogP contribution is 2.42. The van der Waals surface area contributed by atoms with E-state index in [-0.39, 0.29) is 10.8 Å². The second-order valence-electron chi connectivity index (χ2n) is 6.60. The van der Waals surface area contributed by atoms with Crippen molar-refractivity contribution >= 4 is 21.5 Å². The van der Waals surface area contributed by atoms with Crippen molar-refractivity contribution in [2.24, 2.45) is 0 Å². The first-order chi connectivity index (χ1) is 12.3. The van der Waals surface area contributed by atoms with Gasteiger partial charge in [0.1, 0.15) is 0 Å². The molecule has 0 saturated carbocycles. The van der Waals surface area contributed by atoms with E-state index < -0.39 is 11.7 Å². The number of nitrogens with zero attached hydrogens (tertiary/aromatic N) is 1. The summed E-state index contributed by atoms with van der Waals surface area (Å²) in [4.78, 5) is 4.42. The minimum atomic E-state index is -4.44. The van der Waals surface area contributed by atoms with Crippen LogP contribution in [0.4, 0.5) is 13.2 Å². The first-order valence-electron chi connectivity index (χ1n) is 8.31. The predicted molar refractivity (Wildman–Crippen MR) is 99.2 cm³/mol. The molecule has 0 spiro atoms. The fraction of sp³-hybridized carbons (Fsp3) is 0.136. The molecule has 0 unspecified atom stereocenters. The lowest BCUT2D eigenvalue weighted by Crippen LogP contribution is -2.07. The number of pyridine rings is 1. The van der Waals surface area contributed by atoms with Crippen LogP contribution in [0.15, 0.2) is 60.8 Å². The Labute approximate surface area is 149 Å². The predicted octanol–water partition coefficient (Wildman–Crippen LogP) is 6.69. The van der Waals surface area contributed by atoms with Gasteiger partial charge in [0.15, 0.2) is 0 Å². The number of alkyl halides is 3. The number of benzene rings is 3. The van der Waals surface area contributed by atoms with Gasteiger partial charge in [0.2, 0.25) is 0 Å². The molecule has 130 valence electrons. The standard InChI is InChI=1S/C22H16F3N/c1-13-9-14(2)11-16(10-13)21-19-12-15-5-3-4-6-17(15)20(22(23,24)25)18(19)7-8-26-21/h3-12H,1-2H3. The van der Waals surface area contributed by atoms with Crippen LogP contribution >= 0.6 is 0 Å². The van der Waals surface area contributed by atoms with Crippen LogP contribution in [0.3, 0.4) is 0 Å². The number of hydrogen-bond donors (Lipinski definition) is 0. The van der Waals surface area contributed by atoms with Crippen molar-refractivity contribution in [2.75, 3.05) is 0 Å². The summed E-state index contributed by atoms with van der Waals surface area (Å²) in [5.41, 5.74) is 2.91. The summed E-state index contributed by atoms with van der Waals surface area (Å²) < 4.78 is 41.7. The molecular weight excluding hydrogens is 335 g/mol. The number of rotatable bonds is 1. The number of hydrogen-bond acceptors (Lipinski definition) is 1. The average Bonchev–Trinajstić information content (AvgIpc) is 2.57. The van der Waals surface area contributed by atoms with Gasteiger partial charge in [-0.1, -0.05) is 41.5 Å². The van der Waals surface area contributed by atoms with Crippen molar-refractivity contribution in [1.29, 1.82) is 0 Å². The molecule has 0 N–H and O–H groups in total. The summed E-state index contributed by atoms with van der Waals surface area (Å²) in [7, 11) is 0. The van der Waals surface area contributed by atoms with E-state index in [2.05, 4.69) is 4.98 Å². The van der Waals surface area contributed by atoms with Crippen LogP contribution in [0.1, 0.15) is 16.7 Å². The zero-order valence-electron chi connectivity index (χ0n) is 14.4. The van der Waals surface area contributed by atoms with Crippen molar-refractivity contribution in [3.63, 3.8) is 0 Å². The van der Waals surface area contributed by atoms with Crippen LogP contribution in [0.5, 0.6) is 0 Å². The highest BCUT2D eigenvalue weighted by atomic mass is 19.4. The van der Waals surface area contributed by atoms with Crippen LogP contribution in [-0.2, 0) is 6.18 Å². The summed E-state index contributed by atoms with van der Waals surface area (Å²) >= 11 is 0. The van der Waals surface area contributed by atoms with Gasteiger partial charge in [-0.25, -0.2) is 0 Å². The Bertz CT molecular complexity index is 1120. The van der Waals surface area contributed by atoms with E-state index in [1.807, 2.05) is 32.0 Å². The molecule has 26 heavy (non-hydrogen) atoms. The van der Waals surface area contributed by atoms with Crippen LogP contribution < -0.4 is 0 Å². The molecule has 0 saturated heterocycles. The Morgan fingerprint density at radius 1 is 0.769 bits per heavy atom. The van der Waals surface area contributed by atoms with Gasteiger partial charge in [0.25, 0.3) is 0 Å². The zero-order valence-corrected chi connectivity index (χ0v) is 14.4. The van der Waals surface area contributed by atoms with Crippen molar-refractivity contribution in [3.05, 3.63) is 77.5 Å². The van der Waals surface area contributed by atoms with E-state index >= 15 is 0 Å². The number of halogens is 3. The molecule has 0 aliphatic heterocycles. The second kappa shape index (κ2) is 5.84. The van der Waals surface area contributed by atoms with Crippen molar-refractivity contribution in [1.82, 2.24) is 4.98 Å². The molecule has 3 aromatic carbocycles. The number of aryl methyl sites for hydroxylation is 2. The third-order valence-electron chi connectivity index (χ3n) is 4.57. The van der Waals surface area contributed by atoms with Gasteiger partial charge < -0.3 is 0 Å². The quantitative estimate of drug-likeness (QED) is 0.348. The lowest BCUT2D eigenvalue weighted by atomic mass is 9.93. The molecule has 4 heteroatoms. The van der Waals surface area contributed by atoms with Crippen LogP contribution in [0.2, 0.25) is 0 Å². The maximum Gasteiger partial charge on any atom is 0.417 e. The Morgan fingerprint density at radius 2 is 1.46 bits per heavy atom. The maximum atomic E-state index is 13.9. The number of aromatic nitrogens is 1. The molecule has 0 radical (unpaired) electrons. The van der Waals surface area contributed by atoms with Crippen LogP contribution in [0, 0.1) is 13.8 Å². The van der Waals surface area contributed by atoms with E-state index in [1.165, 1.54) is 18.3 Å². The number of fused-ring (bicyclic) bond motifs is 2. The largest absolute Gasteiger partial charge is 0.417 e. The highest BCUT2D eigenvalue weighted by molar-refractivity contribution is 6.07. The summed E-state index contributed by atoms with van der Waals surface area (Å²) in [5, 5.41) is 1.47. The van der Waals surface area contributed by atoms with Crippen LogP contribution in [-0.4, -0.2) is 4.98 Å². The molecule has 0 aliphatic carbocycles. The molecule has 1 heterocycles. The van der Waals surface area contributed by atoms with Gasteiger partial charge in [0.05, 0.1) is 11.3 Å². The van der Waals surface area contributed by atoms with Gasteiger partial charge in [-0.3, -0.25) is 4.98 Å². The van der Waals surface area contributed by atoms with Crippen molar-refractivity contribution < 1.29 is 13.2 Å². The molecule has 4 rings (SSSR count). The summed E-state index contributed by atoms with van der Waals surface area (Å²) in [6.45, 7) is 3.94. The monoisotopic (exact) mass is 351 g/mol. The molecule has 0 aliphatic rings. The summed E-state index contributed by atoms with van der Waals surface area (Å²) in [6, 6.07) is 15.8. The molecular formula is C22H16F3N. The lowest BCUT2D eigenvalue weighted by molar-refractivity contribution is -0.135. The molecule has 0 atom stereocenters. The fourth-order valence-electron chi connectivity index (χ4n) is 3.64. The van der Waals surface area contributed by atoms with Gasteiger partial charge in [0, 0.05) is 17.1 Å². The smallest absolute Gasteiger partial charge is 0.256 e. The third kappa shape index (κ3) is 2.71. The average molecular weight is 351 g/mol. The highest BCUT2D eigenvalue weighted by Gasteiger charge is 2.35. The van der Waals surface area contributed by atoms with Crippen molar-refractivity contribution in [2.45, 2.75) is 20.0 Å². The van der Waals surface area contributed by atoms with Gasteiger partial charge in [-0.2, -0.15) is 13.2 Å². The molecule has 1 nitrogen and oxygen atoms in total.